The number of ether oxygens (including phenoxy) is 3. The highest BCUT2D eigenvalue weighted by Gasteiger charge is 2.19. The van der Waals surface area contributed by atoms with Crippen molar-refractivity contribution in [2.24, 2.45) is 0 Å². The van der Waals surface area contributed by atoms with Crippen LogP contribution in [0.15, 0.2) is 85.1 Å². The zero-order chi connectivity index (χ0) is 44.4. The van der Waals surface area contributed by atoms with Crippen molar-refractivity contribution in [3.8, 4) is 0 Å². The molecular formula is C55H92O6. The van der Waals surface area contributed by atoms with Gasteiger partial charge in [-0.15, -0.1) is 0 Å². The minimum atomic E-state index is -0.814. The molecule has 0 bridgehead atoms. The van der Waals surface area contributed by atoms with Crippen molar-refractivity contribution in [1.29, 1.82) is 0 Å². The predicted molar refractivity (Wildman–Crippen MR) is 261 cm³/mol. The molecule has 0 spiro atoms. The molecule has 6 nitrogen and oxygen atoms in total. The molecule has 0 aliphatic rings. The smallest absolute Gasteiger partial charge is 0.306 e. The van der Waals surface area contributed by atoms with Gasteiger partial charge in [-0.1, -0.05) is 234 Å². The van der Waals surface area contributed by atoms with Crippen molar-refractivity contribution in [1.82, 2.24) is 0 Å². The average Bonchev–Trinajstić information content (AvgIpc) is 3.26. The van der Waals surface area contributed by atoms with Crippen LogP contribution in [0.4, 0.5) is 0 Å². The molecule has 0 amide bonds. The normalized spacial score (nSPS) is 12.8. The zero-order valence-corrected chi connectivity index (χ0v) is 39.7. The van der Waals surface area contributed by atoms with E-state index in [2.05, 4.69) is 51.2 Å². The molecule has 0 rings (SSSR count). The number of rotatable bonds is 44. The van der Waals surface area contributed by atoms with Crippen LogP contribution in [0.25, 0.3) is 0 Å². The third kappa shape index (κ3) is 47.5. The van der Waals surface area contributed by atoms with E-state index >= 15 is 0 Å². The summed E-state index contributed by atoms with van der Waals surface area (Å²) in [7, 11) is 0. The first-order valence-electron chi connectivity index (χ1n) is 25.2. The van der Waals surface area contributed by atoms with E-state index in [1.165, 1.54) is 116 Å². The summed E-state index contributed by atoms with van der Waals surface area (Å²) >= 11 is 0. The van der Waals surface area contributed by atoms with E-state index < -0.39 is 6.10 Å². The van der Waals surface area contributed by atoms with Gasteiger partial charge < -0.3 is 14.2 Å². The molecule has 348 valence electrons. The summed E-state index contributed by atoms with van der Waals surface area (Å²) in [6.45, 7) is 6.39. The van der Waals surface area contributed by atoms with Crippen LogP contribution in [-0.2, 0) is 28.6 Å². The number of unbranched alkanes of at least 4 members (excludes halogenated alkanes) is 23. The van der Waals surface area contributed by atoms with Gasteiger partial charge in [-0.05, 0) is 57.8 Å². The van der Waals surface area contributed by atoms with Crippen LogP contribution in [-0.4, -0.2) is 37.2 Å². The molecule has 1 atom stereocenters. The molecule has 0 saturated carbocycles. The van der Waals surface area contributed by atoms with Crippen molar-refractivity contribution in [2.45, 2.75) is 232 Å². The van der Waals surface area contributed by atoms with Crippen LogP contribution in [0.3, 0.4) is 0 Å². The van der Waals surface area contributed by atoms with Crippen molar-refractivity contribution in [3.05, 3.63) is 85.1 Å². The van der Waals surface area contributed by atoms with Gasteiger partial charge in [-0.25, -0.2) is 0 Å². The number of allylic oxidation sites excluding steroid dienone is 14. The van der Waals surface area contributed by atoms with E-state index in [0.29, 0.717) is 19.3 Å². The van der Waals surface area contributed by atoms with E-state index in [-0.39, 0.29) is 37.5 Å². The fourth-order valence-electron chi connectivity index (χ4n) is 6.75. The van der Waals surface area contributed by atoms with E-state index in [0.717, 1.165) is 64.2 Å². The van der Waals surface area contributed by atoms with Gasteiger partial charge in [0.1, 0.15) is 13.2 Å². The Morgan fingerprint density at radius 2 is 0.738 bits per heavy atom. The number of hydrogen-bond acceptors (Lipinski definition) is 6. The van der Waals surface area contributed by atoms with Gasteiger partial charge in [0.2, 0.25) is 0 Å². The van der Waals surface area contributed by atoms with Crippen LogP contribution in [0.1, 0.15) is 226 Å². The van der Waals surface area contributed by atoms with Gasteiger partial charge in [0.05, 0.1) is 0 Å². The minimum Gasteiger partial charge on any atom is -0.462 e. The average molecular weight is 849 g/mol. The minimum absolute atomic E-state index is 0.115. The van der Waals surface area contributed by atoms with Crippen LogP contribution in [0.5, 0.6) is 0 Å². The second-order valence-corrected chi connectivity index (χ2v) is 16.5. The molecule has 0 radical (unpaired) electrons. The molecule has 1 unspecified atom stereocenters. The first-order chi connectivity index (χ1) is 30.0. The van der Waals surface area contributed by atoms with Gasteiger partial charge in [-0.3, -0.25) is 14.4 Å². The fourth-order valence-corrected chi connectivity index (χ4v) is 6.75. The Morgan fingerprint density at radius 1 is 0.361 bits per heavy atom. The highest BCUT2D eigenvalue weighted by atomic mass is 16.6. The predicted octanol–water partition coefficient (Wildman–Crippen LogP) is 16.4. The van der Waals surface area contributed by atoms with E-state index in [9.17, 15) is 14.4 Å². The van der Waals surface area contributed by atoms with Crippen LogP contribution in [0, 0.1) is 0 Å². The first kappa shape index (κ1) is 57.6. The van der Waals surface area contributed by atoms with E-state index in [1.807, 2.05) is 54.7 Å². The molecule has 0 aliphatic carbocycles. The van der Waals surface area contributed by atoms with Crippen LogP contribution >= 0.6 is 0 Å². The summed E-state index contributed by atoms with van der Waals surface area (Å²) in [4.78, 5) is 37.9. The monoisotopic (exact) mass is 849 g/mol. The van der Waals surface area contributed by atoms with Gasteiger partial charge in [0.25, 0.3) is 0 Å². The first-order valence-corrected chi connectivity index (χ1v) is 25.2. The molecule has 6 heteroatoms. The van der Waals surface area contributed by atoms with Crippen molar-refractivity contribution < 1.29 is 28.6 Å². The molecule has 0 aliphatic heterocycles. The highest BCUT2D eigenvalue weighted by molar-refractivity contribution is 5.71. The van der Waals surface area contributed by atoms with Gasteiger partial charge >= 0.3 is 17.9 Å². The lowest BCUT2D eigenvalue weighted by Crippen LogP contribution is -2.30. The molecule has 61 heavy (non-hydrogen) atoms. The lowest BCUT2D eigenvalue weighted by atomic mass is 10.0. The largest absolute Gasteiger partial charge is 0.462 e. The Hall–Kier alpha value is -3.41. The summed E-state index contributed by atoms with van der Waals surface area (Å²) in [5.41, 5.74) is 0. The number of carbonyl (C=O) groups excluding carboxylic acids is 3. The van der Waals surface area contributed by atoms with Crippen LogP contribution < -0.4 is 0 Å². The maximum atomic E-state index is 12.8. The topological polar surface area (TPSA) is 78.9 Å². The lowest BCUT2D eigenvalue weighted by Gasteiger charge is -2.18. The highest BCUT2D eigenvalue weighted by Crippen LogP contribution is 2.15. The Morgan fingerprint density at radius 3 is 1.25 bits per heavy atom. The molecule has 0 aromatic carbocycles. The summed E-state index contributed by atoms with van der Waals surface area (Å²) in [5, 5.41) is 0. The second kappa shape index (κ2) is 49.2. The molecular weight excluding hydrogens is 757 g/mol. The number of carbonyl (C=O) groups is 3. The summed E-state index contributed by atoms with van der Waals surface area (Å²) in [5.74, 6) is -1.02. The molecule has 0 N–H and O–H groups in total. The van der Waals surface area contributed by atoms with E-state index in [1.54, 1.807) is 0 Å². The fraction of sp³-hybridized carbons (Fsp3) is 0.691. The Bertz CT molecular complexity index is 1200. The van der Waals surface area contributed by atoms with Crippen LogP contribution in [0.2, 0.25) is 0 Å². The Balaban J connectivity index is 4.52. The molecule has 0 saturated heterocycles. The molecule has 0 fully saturated rings. The van der Waals surface area contributed by atoms with Gasteiger partial charge in [-0.2, -0.15) is 0 Å². The van der Waals surface area contributed by atoms with Gasteiger partial charge in [0, 0.05) is 19.3 Å². The molecule has 0 aromatic rings. The van der Waals surface area contributed by atoms with E-state index in [4.69, 9.17) is 14.2 Å². The standard InChI is InChI=1S/C55H92O6/c1-4-7-10-13-16-19-22-25-27-30-33-36-39-42-45-48-54(57)60-51-52(50-59-53(56)47-44-41-38-35-32-29-24-21-18-15-12-9-6-3)61-55(58)49-46-43-40-37-34-31-28-26-23-20-17-14-11-8-5-2/h7,10,13,16,19,22,25,27,29-30,32-33,38,41,52H,4-6,8-9,11-12,14-15,17-18,20-21,23-24,26,28,31,34-37,39-40,42-51H2,1-3H3/b10-7+,16-13+,22-19+,27-25+,32-29+,33-30+,41-38+. The number of esters is 3. The quantitative estimate of drug-likeness (QED) is 0.0200. The number of hydrogen-bond donors (Lipinski definition) is 0. The third-order valence-electron chi connectivity index (χ3n) is 10.5. The maximum Gasteiger partial charge on any atom is 0.306 e. The third-order valence-corrected chi connectivity index (χ3v) is 10.5. The Labute approximate surface area is 375 Å². The summed E-state index contributed by atoms with van der Waals surface area (Å²) in [6.07, 6.45) is 62.9. The molecule has 0 aromatic heterocycles. The summed E-state index contributed by atoms with van der Waals surface area (Å²) in [6, 6.07) is 0. The SMILES string of the molecule is CC/C=C/C=C/C=C/C=C/C=C/CCCCCC(=O)OCC(COC(=O)CC/C=C/C/C=C/CCCCCCCC)OC(=O)CCCCCCCCCCCCCCCCC. The second-order valence-electron chi connectivity index (χ2n) is 16.5. The molecule has 0 heterocycles. The lowest BCUT2D eigenvalue weighted by molar-refractivity contribution is -0.166. The maximum absolute atomic E-state index is 12.8. The van der Waals surface area contributed by atoms with Gasteiger partial charge in [0.15, 0.2) is 6.10 Å². The zero-order valence-electron chi connectivity index (χ0n) is 39.7. The van der Waals surface area contributed by atoms with Crippen molar-refractivity contribution in [3.63, 3.8) is 0 Å². The van der Waals surface area contributed by atoms with Crippen molar-refractivity contribution >= 4 is 17.9 Å². The Kier molecular flexibility index (Phi) is 46.5. The summed E-state index contributed by atoms with van der Waals surface area (Å²) < 4.78 is 16.7. The van der Waals surface area contributed by atoms with Crippen molar-refractivity contribution in [2.75, 3.05) is 13.2 Å².